The van der Waals surface area contributed by atoms with Gasteiger partial charge in [-0.05, 0) is 136 Å². The van der Waals surface area contributed by atoms with E-state index in [1.165, 1.54) is 0 Å². The Morgan fingerprint density at radius 2 is 0.605 bits per heavy atom. The summed E-state index contributed by atoms with van der Waals surface area (Å²) in [6, 6.07) is 0. The first kappa shape index (κ1) is 34.1. The van der Waals surface area contributed by atoms with Crippen LogP contribution in [0.3, 0.4) is 0 Å². The normalized spacial score (nSPS) is 10.6. The van der Waals surface area contributed by atoms with E-state index in [0.29, 0.717) is 32.5 Å². The lowest BCUT2D eigenvalue weighted by atomic mass is 10.0. The Hall–Kier alpha value is -0.100. The molecule has 0 aliphatic carbocycles. The summed E-state index contributed by atoms with van der Waals surface area (Å²) in [6.07, 6.45) is 0. The molecule has 0 saturated heterocycles. The lowest BCUT2D eigenvalue weighted by Crippen LogP contribution is -2.16. The minimum absolute atomic E-state index is 0.121. The first-order chi connectivity index (χ1) is 17.7. The van der Waals surface area contributed by atoms with E-state index in [-0.39, 0.29) is 23.0 Å². The number of carboxylic acid groups (broad SMARTS) is 4. The van der Waals surface area contributed by atoms with Gasteiger partial charge in [-0.15, -0.1) is 0 Å². The second-order valence-corrected chi connectivity index (χ2v) is 13.2. The molecule has 0 aromatic heterocycles. The second kappa shape index (κ2) is 15.2. The van der Waals surface area contributed by atoms with Crippen molar-refractivity contribution in [1.82, 2.24) is 0 Å². The molecule has 0 atom stereocenters. The van der Waals surface area contributed by atoms with Gasteiger partial charge >= 0.3 is 23.9 Å². The minimum Gasteiger partial charge on any atom is -0.480 e. The van der Waals surface area contributed by atoms with E-state index in [4.69, 9.17) is 39.4 Å². The summed E-state index contributed by atoms with van der Waals surface area (Å²) < 4.78 is 24.6. The van der Waals surface area contributed by atoms with Crippen molar-refractivity contribution < 1.29 is 58.6 Å². The van der Waals surface area contributed by atoms with Crippen LogP contribution in [0.15, 0.2) is 0 Å². The Morgan fingerprint density at radius 1 is 0.421 bits per heavy atom. The van der Waals surface area contributed by atoms with Crippen molar-refractivity contribution in [2.24, 2.45) is 0 Å². The fourth-order valence-corrected chi connectivity index (χ4v) is 11.4. The molecule has 2 aromatic rings. The quantitative estimate of drug-likeness (QED) is 0.201. The van der Waals surface area contributed by atoms with Crippen LogP contribution in [0.2, 0.25) is 0 Å². The van der Waals surface area contributed by atoms with Crippen molar-refractivity contribution in [3.05, 3.63) is 21.4 Å². The molecule has 0 heterocycles. The summed E-state index contributed by atoms with van der Waals surface area (Å²) >= 11 is 11.5. The van der Waals surface area contributed by atoms with E-state index < -0.39 is 50.3 Å². The van der Waals surface area contributed by atoms with E-state index in [1.807, 2.05) is 136 Å². The van der Waals surface area contributed by atoms with E-state index in [0.717, 1.165) is 0 Å². The highest BCUT2D eigenvalue weighted by molar-refractivity contribution is 14.1. The molecule has 0 radical (unpaired) electrons. The molecule has 0 aliphatic rings. The molecule has 18 heteroatoms. The minimum atomic E-state index is -1.24. The molecule has 2 aromatic carbocycles. The van der Waals surface area contributed by atoms with Crippen molar-refractivity contribution in [3.63, 3.8) is 0 Å². The first-order valence-corrected chi connectivity index (χ1v) is 16.0. The zero-order chi connectivity index (χ0) is 28.9. The van der Waals surface area contributed by atoms with Gasteiger partial charge < -0.3 is 39.4 Å². The molecule has 0 aliphatic heterocycles. The zero-order valence-corrected chi connectivity index (χ0v) is 31.1. The van der Waals surface area contributed by atoms with Crippen LogP contribution in [0.5, 0.6) is 23.0 Å². The summed E-state index contributed by atoms with van der Waals surface area (Å²) in [7, 11) is 0. The number of hydrogen-bond donors (Lipinski definition) is 4. The van der Waals surface area contributed by atoms with Gasteiger partial charge in [0.15, 0.2) is 49.4 Å². The molecule has 2 rings (SSSR count). The summed E-state index contributed by atoms with van der Waals surface area (Å²) in [5.74, 6) is -4.47. The number of carbonyl (C=O) groups is 4. The lowest BCUT2D eigenvalue weighted by molar-refractivity contribution is -0.140. The number of halogens is 6. The molecule has 12 nitrogen and oxygen atoms in total. The predicted octanol–water partition coefficient (Wildman–Crippen LogP) is 4.83. The summed E-state index contributed by atoms with van der Waals surface area (Å²) in [4.78, 5) is 44.9. The van der Waals surface area contributed by atoms with Crippen molar-refractivity contribution in [2.75, 3.05) is 26.4 Å². The Labute approximate surface area is 295 Å². The average molecular weight is 1210 g/mol. The number of hydrogen-bond acceptors (Lipinski definition) is 8. The maximum atomic E-state index is 11.2. The summed E-state index contributed by atoms with van der Waals surface area (Å²) in [6.45, 7) is -2.76. The van der Waals surface area contributed by atoms with Crippen LogP contribution in [-0.2, 0) is 19.2 Å². The van der Waals surface area contributed by atoms with Crippen LogP contribution < -0.4 is 18.9 Å². The summed E-state index contributed by atoms with van der Waals surface area (Å²) in [5.41, 5.74) is 0.857. The highest BCUT2D eigenvalue weighted by atomic mass is 127. The number of carboxylic acids is 4. The SMILES string of the molecule is O=C(O)COc1c(I)c(OCC(=O)O)c(I)c(-c2c(I)c(OCC(=O)O)c(I)c(OCC(=O)O)c2I)c1I. The Kier molecular flexibility index (Phi) is 13.7. The van der Waals surface area contributed by atoms with Crippen molar-refractivity contribution in [3.8, 4) is 34.1 Å². The fraction of sp³-hybridized carbons (Fsp3) is 0.200. The highest BCUT2D eigenvalue weighted by Gasteiger charge is 2.31. The highest BCUT2D eigenvalue weighted by Crippen LogP contribution is 2.52. The standard InChI is InChI=1S/C20H12I6O12/c21-11-9(12(22)18(36-2-6(29)30)15(25)17(11)35-1-5(27)28)10-13(23)19(37-3-7(31)32)16(26)20(14(10)24)38-4-8(33)34/h1-4H2,(H,27,28)(H,29,30)(H,31,32)(H,33,34). The van der Waals surface area contributed by atoms with Crippen LogP contribution in [0, 0.1) is 21.4 Å². The monoisotopic (exact) mass is 1210 g/mol. The van der Waals surface area contributed by atoms with Gasteiger partial charge in [-0.25, -0.2) is 19.2 Å². The van der Waals surface area contributed by atoms with Gasteiger partial charge in [-0.2, -0.15) is 0 Å². The van der Waals surface area contributed by atoms with Crippen LogP contribution in [-0.4, -0.2) is 70.7 Å². The zero-order valence-electron chi connectivity index (χ0n) is 18.2. The topological polar surface area (TPSA) is 186 Å². The first-order valence-electron chi connectivity index (χ1n) is 9.48. The van der Waals surface area contributed by atoms with Gasteiger partial charge in [0, 0.05) is 11.1 Å². The van der Waals surface area contributed by atoms with Crippen LogP contribution in [0.4, 0.5) is 0 Å². The molecule has 0 saturated carbocycles. The van der Waals surface area contributed by atoms with Gasteiger partial charge in [0.1, 0.15) is 0 Å². The van der Waals surface area contributed by atoms with Crippen molar-refractivity contribution in [1.29, 1.82) is 0 Å². The molecule has 4 N–H and O–H groups in total. The molecule has 206 valence electrons. The number of benzene rings is 2. The Balaban J connectivity index is 2.99. The smallest absolute Gasteiger partial charge is 0.341 e. The van der Waals surface area contributed by atoms with Crippen LogP contribution >= 0.6 is 136 Å². The third-order valence-electron chi connectivity index (χ3n) is 4.08. The number of aliphatic carboxylic acids is 4. The van der Waals surface area contributed by atoms with Gasteiger partial charge in [0.05, 0.1) is 21.4 Å². The molecular weight excluding hydrogens is 1190 g/mol. The van der Waals surface area contributed by atoms with E-state index >= 15 is 0 Å². The third-order valence-corrected chi connectivity index (χ3v) is 10.2. The maximum absolute atomic E-state index is 11.2. The molecule has 0 amide bonds. The largest absolute Gasteiger partial charge is 0.480 e. The molecule has 0 unspecified atom stereocenters. The Morgan fingerprint density at radius 3 is 0.763 bits per heavy atom. The van der Waals surface area contributed by atoms with Crippen molar-refractivity contribution in [2.45, 2.75) is 0 Å². The second-order valence-electron chi connectivity index (χ2n) is 6.68. The maximum Gasteiger partial charge on any atom is 0.341 e. The van der Waals surface area contributed by atoms with Crippen LogP contribution in [0.25, 0.3) is 11.1 Å². The Bertz CT molecular complexity index is 1120. The molecule has 0 bridgehead atoms. The molecule has 38 heavy (non-hydrogen) atoms. The van der Waals surface area contributed by atoms with Gasteiger partial charge in [-0.3, -0.25) is 0 Å². The van der Waals surface area contributed by atoms with E-state index in [1.54, 1.807) is 0 Å². The number of ether oxygens (including phenoxy) is 4. The van der Waals surface area contributed by atoms with Gasteiger partial charge in [-0.1, -0.05) is 0 Å². The fourth-order valence-electron chi connectivity index (χ4n) is 2.72. The molecule has 0 spiro atoms. The summed E-state index contributed by atoms with van der Waals surface area (Å²) in [5, 5.41) is 36.7. The van der Waals surface area contributed by atoms with Gasteiger partial charge in [0.25, 0.3) is 0 Å². The molecular formula is C20H12I6O12. The van der Waals surface area contributed by atoms with Crippen molar-refractivity contribution >= 4 is 159 Å². The average Bonchev–Trinajstić information content (AvgIpc) is 2.80. The number of rotatable bonds is 13. The van der Waals surface area contributed by atoms with E-state index in [2.05, 4.69) is 0 Å². The van der Waals surface area contributed by atoms with Gasteiger partial charge in [0.2, 0.25) is 0 Å². The third kappa shape index (κ3) is 8.46. The van der Waals surface area contributed by atoms with Crippen LogP contribution in [0.1, 0.15) is 0 Å². The van der Waals surface area contributed by atoms with E-state index in [9.17, 15) is 19.2 Å². The lowest BCUT2D eigenvalue weighted by Gasteiger charge is -2.23. The predicted molar refractivity (Wildman–Crippen MR) is 181 cm³/mol. The molecule has 0 fully saturated rings.